The van der Waals surface area contributed by atoms with Gasteiger partial charge in [-0.15, -0.1) is 0 Å². The van der Waals surface area contributed by atoms with Crippen molar-refractivity contribution >= 4 is 21.8 Å². The molecule has 0 bridgehead atoms. The second-order valence-corrected chi connectivity index (χ2v) is 6.18. The van der Waals surface area contributed by atoms with Gasteiger partial charge in [0.1, 0.15) is 5.82 Å². The van der Waals surface area contributed by atoms with Crippen LogP contribution in [0.15, 0.2) is 53.0 Å². The van der Waals surface area contributed by atoms with Crippen molar-refractivity contribution in [2.75, 3.05) is 0 Å². The molecule has 1 atom stereocenters. The van der Waals surface area contributed by atoms with Gasteiger partial charge < -0.3 is 5.32 Å². The zero-order chi connectivity index (χ0) is 14.8. The van der Waals surface area contributed by atoms with E-state index in [0.717, 1.165) is 18.4 Å². The summed E-state index contributed by atoms with van der Waals surface area (Å²) >= 11 is 3.09. The first-order valence-electron chi connectivity index (χ1n) is 6.96. The second-order valence-electron chi connectivity index (χ2n) is 5.33. The van der Waals surface area contributed by atoms with Crippen molar-refractivity contribution in [2.24, 2.45) is 5.92 Å². The number of nitrogens with one attached hydrogen (secondary N) is 1. The molecule has 1 aliphatic carbocycles. The normalized spacial score (nSPS) is 15.5. The molecular weight excluding hydrogens is 333 g/mol. The first kappa shape index (κ1) is 14.3. The minimum Gasteiger partial charge on any atom is -0.345 e. The highest BCUT2D eigenvalue weighted by Crippen LogP contribution is 2.41. The molecule has 0 heterocycles. The summed E-state index contributed by atoms with van der Waals surface area (Å²) in [4.78, 5) is 12.3. The molecule has 1 amide bonds. The molecule has 1 saturated carbocycles. The van der Waals surface area contributed by atoms with E-state index in [1.807, 2.05) is 30.3 Å². The molecular formula is C17H15BrFNO. The summed E-state index contributed by atoms with van der Waals surface area (Å²) in [5.41, 5.74) is 1.45. The molecule has 2 aromatic carbocycles. The van der Waals surface area contributed by atoms with Crippen LogP contribution in [0.2, 0.25) is 0 Å². The summed E-state index contributed by atoms with van der Waals surface area (Å²) in [6.45, 7) is 0. The maximum Gasteiger partial charge on any atom is 0.251 e. The number of carbonyl (C=O) groups is 1. The first-order valence-corrected chi connectivity index (χ1v) is 7.75. The van der Waals surface area contributed by atoms with Gasteiger partial charge in [0.2, 0.25) is 0 Å². The van der Waals surface area contributed by atoms with Gasteiger partial charge in [0, 0.05) is 5.56 Å². The van der Waals surface area contributed by atoms with Gasteiger partial charge in [0.25, 0.3) is 5.91 Å². The quantitative estimate of drug-likeness (QED) is 0.868. The maximum atomic E-state index is 13.5. The number of rotatable bonds is 4. The fourth-order valence-corrected chi connectivity index (χ4v) is 2.67. The lowest BCUT2D eigenvalue weighted by Gasteiger charge is -2.19. The molecule has 0 radical (unpaired) electrons. The van der Waals surface area contributed by atoms with E-state index in [-0.39, 0.29) is 11.9 Å². The van der Waals surface area contributed by atoms with Crippen LogP contribution in [0.4, 0.5) is 4.39 Å². The summed E-state index contributed by atoms with van der Waals surface area (Å²) in [5, 5.41) is 3.04. The Kier molecular flexibility index (Phi) is 4.06. The summed E-state index contributed by atoms with van der Waals surface area (Å²) in [6.07, 6.45) is 2.24. The molecule has 1 unspecified atom stereocenters. The third-order valence-corrected chi connectivity index (χ3v) is 4.36. The standard InChI is InChI=1S/C17H15BrFNO/c18-14-9-8-13(10-15(14)19)17(21)20-16(12-6-7-12)11-4-2-1-3-5-11/h1-5,8-10,12,16H,6-7H2,(H,20,21). The van der Waals surface area contributed by atoms with Crippen molar-refractivity contribution in [3.05, 3.63) is 69.9 Å². The fraction of sp³-hybridized carbons (Fsp3) is 0.235. The first-order chi connectivity index (χ1) is 10.1. The van der Waals surface area contributed by atoms with E-state index < -0.39 is 5.82 Å². The molecule has 2 aromatic rings. The minimum absolute atomic E-state index is 0.00501. The van der Waals surface area contributed by atoms with Crippen molar-refractivity contribution in [2.45, 2.75) is 18.9 Å². The molecule has 4 heteroatoms. The highest BCUT2D eigenvalue weighted by atomic mass is 79.9. The monoisotopic (exact) mass is 347 g/mol. The predicted molar refractivity (Wildman–Crippen MR) is 83.5 cm³/mol. The van der Waals surface area contributed by atoms with Crippen molar-refractivity contribution in [1.29, 1.82) is 0 Å². The molecule has 1 aliphatic rings. The van der Waals surface area contributed by atoms with Crippen molar-refractivity contribution in [3.8, 4) is 0 Å². The highest BCUT2D eigenvalue weighted by Gasteiger charge is 2.33. The van der Waals surface area contributed by atoms with E-state index in [2.05, 4.69) is 21.2 Å². The van der Waals surface area contributed by atoms with E-state index in [1.165, 1.54) is 6.07 Å². The molecule has 3 rings (SSSR count). The lowest BCUT2D eigenvalue weighted by atomic mass is 10.0. The Bertz CT molecular complexity index is 655. The number of amides is 1. The molecule has 108 valence electrons. The van der Waals surface area contributed by atoms with E-state index in [1.54, 1.807) is 12.1 Å². The minimum atomic E-state index is -0.426. The second kappa shape index (κ2) is 5.98. The summed E-state index contributed by atoms with van der Waals surface area (Å²) in [7, 11) is 0. The number of halogens is 2. The summed E-state index contributed by atoms with van der Waals surface area (Å²) in [6, 6.07) is 14.4. The summed E-state index contributed by atoms with van der Waals surface area (Å²) in [5.74, 6) is -0.177. The van der Waals surface area contributed by atoms with E-state index in [0.29, 0.717) is 16.0 Å². The number of hydrogen-bond acceptors (Lipinski definition) is 1. The molecule has 21 heavy (non-hydrogen) atoms. The number of carbonyl (C=O) groups excluding carboxylic acids is 1. The van der Waals surface area contributed by atoms with Crippen LogP contribution >= 0.6 is 15.9 Å². The van der Waals surface area contributed by atoms with Gasteiger partial charge in [-0.2, -0.15) is 0 Å². The van der Waals surface area contributed by atoms with Gasteiger partial charge in [-0.05, 0) is 58.5 Å². The lowest BCUT2D eigenvalue weighted by Crippen LogP contribution is -2.29. The zero-order valence-corrected chi connectivity index (χ0v) is 12.9. The highest BCUT2D eigenvalue weighted by molar-refractivity contribution is 9.10. The molecule has 0 spiro atoms. The SMILES string of the molecule is O=C(NC(c1ccccc1)C1CC1)c1ccc(Br)c(F)c1. The van der Waals surface area contributed by atoms with Crippen molar-refractivity contribution in [3.63, 3.8) is 0 Å². The van der Waals surface area contributed by atoms with E-state index in [4.69, 9.17) is 0 Å². The number of benzene rings is 2. The van der Waals surface area contributed by atoms with Crippen LogP contribution in [0.3, 0.4) is 0 Å². The Balaban J connectivity index is 1.79. The van der Waals surface area contributed by atoms with Crippen LogP contribution < -0.4 is 5.32 Å². The molecule has 2 nitrogen and oxygen atoms in total. The lowest BCUT2D eigenvalue weighted by molar-refractivity contribution is 0.0931. The van der Waals surface area contributed by atoms with Crippen molar-refractivity contribution < 1.29 is 9.18 Å². The Morgan fingerprint density at radius 3 is 2.52 bits per heavy atom. The average Bonchev–Trinajstić information content (AvgIpc) is 3.33. The van der Waals surface area contributed by atoms with Crippen LogP contribution in [0.5, 0.6) is 0 Å². The van der Waals surface area contributed by atoms with Gasteiger partial charge in [-0.1, -0.05) is 30.3 Å². The van der Waals surface area contributed by atoms with Gasteiger partial charge in [0.15, 0.2) is 0 Å². The molecule has 1 fully saturated rings. The maximum absolute atomic E-state index is 13.5. The molecule has 0 aromatic heterocycles. The smallest absolute Gasteiger partial charge is 0.251 e. The Labute approximate surface area is 131 Å². The Hall–Kier alpha value is -1.68. The van der Waals surface area contributed by atoms with Crippen LogP contribution in [0.25, 0.3) is 0 Å². The average molecular weight is 348 g/mol. The molecule has 0 aliphatic heterocycles. The van der Waals surface area contributed by atoms with Gasteiger partial charge >= 0.3 is 0 Å². The van der Waals surface area contributed by atoms with Crippen LogP contribution in [-0.4, -0.2) is 5.91 Å². The molecule has 1 N–H and O–H groups in total. The largest absolute Gasteiger partial charge is 0.345 e. The third-order valence-electron chi connectivity index (χ3n) is 3.72. The van der Waals surface area contributed by atoms with E-state index in [9.17, 15) is 9.18 Å². The van der Waals surface area contributed by atoms with Crippen LogP contribution in [0.1, 0.15) is 34.8 Å². The molecule has 0 saturated heterocycles. The fourth-order valence-electron chi connectivity index (χ4n) is 2.43. The van der Waals surface area contributed by atoms with Crippen molar-refractivity contribution in [1.82, 2.24) is 5.32 Å². The summed E-state index contributed by atoms with van der Waals surface area (Å²) < 4.78 is 13.9. The van der Waals surface area contributed by atoms with E-state index >= 15 is 0 Å². The number of hydrogen-bond donors (Lipinski definition) is 1. The third kappa shape index (κ3) is 3.32. The van der Waals surface area contributed by atoms with Gasteiger partial charge in [-0.25, -0.2) is 4.39 Å². The topological polar surface area (TPSA) is 29.1 Å². The van der Waals surface area contributed by atoms with Crippen LogP contribution in [0, 0.1) is 11.7 Å². The van der Waals surface area contributed by atoms with Gasteiger partial charge in [0.05, 0.1) is 10.5 Å². The van der Waals surface area contributed by atoms with Crippen LogP contribution in [-0.2, 0) is 0 Å². The Morgan fingerprint density at radius 2 is 1.90 bits per heavy atom. The predicted octanol–water partition coefficient (Wildman–Crippen LogP) is 4.47. The zero-order valence-electron chi connectivity index (χ0n) is 11.4. The Morgan fingerprint density at radius 1 is 1.19 bits per heavy atom. The van der Waals surface area contributed by atoms with Gasteiger partial charge in [-0.3, -0.25) is 4.79 Å².